The molecule has 0 aromatic heterocycles. The molecule has 1 heterocycles. The number of carbonyl (C=O) groups excluding carboxylic acids is 1. The lowest BCUT2D eigenvalue weighted by molar-refractivity contribution is -0.122. The number of piperazine rings is 1. The van der Waals surface area contributed by atoms with Crippen LogP contribution in [0.5, 0.6) is 0 Å². The van der Waals surface area contributed by atoms with Gasteiger partial charge in [0.2, 0.25) is 15.9 Å². The van der Waals surface area contributed by atoms with Gasteiger partial charge in [0.25, 0.3) is 0 Å². The molecule has 1 aliphatic heterocycles. The van der Waals surface area contributed by atoms with E-state index in [4.69, 9.17) is 0 Å². The molecule has 2 aromatic rings. The van der Waals surface area contributed by atoms with E-state index in [2.05, 4.69) is 19.2 Å². The second kappa shape index (κ2) is 9.52. The molecule has 0 spiro atoms. The molecule has 0 saturated carbocycles. The topological polar surface area (TPSA) is 69.7 Å². The van der Waals surface area contributed by atoms with E-state index in [0.29, 0.717) is 43.5 Å². The lowest BCUT2D eigenvalue weighted by Gasteiger charge is -2.33. The summed E-state index contributed by atoms with van der Waals surface area (Å²) in [6.07, 6.45) is 0. The lowest BCUT2D eigenvalue weighted by Crippen LogP contribution is -2.50. The van der Waals surface area contributed by atoms with Crippen LogP contribution in [0, 0.1) is 0 Å². The van der Waals surface area contributed by atoms with Gasteiger partial charge in [-0.05, 0) is 29.2 Å². The minimum Gasteiger partial charge on any atom is -0.351 e. The molecule has 0 unspecified atom stereocenters. The summed E-state index contributed by atoms with van der Waals surface area (Å²) >= 11 is 0. The molecule has 0 radical (unpaired) electrons. The minimum absolute atomic E-state index is 0.0468. The van der Waals surface area contributed by atoms with E-state index < -0.39 is 10.0 Å². The van der Waals surface area contributed by atoms with E-state index in [9.17, 15) is 13.2 Å². The number of amides is 1. The third-order valence-corrected chi connectivity index (χ3v) is 7.13. The summed E-state index contributed by atoms with van der Waals surface area (Å²) in [5.41, 5.74) is 2.18. The second-order valence-electron chi connectivity index (χ2n) is 7.67. The Hall–Kier alpha value is -2.22. The molecule has 0 bridgehead atoms. The summed E-state index contributed by atoms with van der Waals surface area (Å²) in [4.78, 5) is 14.5. The fourth-order valence-electron chi connectivity index (χ4n) is 3.36. The molecule has 3 rings (SSSR count). The Bertz CT molecular complexity index is 904. The van der Waals surface area contributed by atoms with Crippen LogP contribution in [-0.2, 0) is 21.4 Å². The van der Waals surface area contributed by atoms with Crippen LogP contribution in [0.1, 0.15) is 30.9 Å². The zero-order chi connectivity index (χ0) is 20.9. The predicted octanol–water partition coefficient (Wildman–Crippen LogP) is 2.43. The molecule has 1 fully saturated rings. The summed E-state index contributed by atoms with van der Waals surface area (Å²) in [6.45, 7) is 6.81. The van der Waals surface area contributed by atoms with Gasteiger partial charge in [-0.3, -0.25) is 9.69 Å². The van der Waals surface area contributed by atoms with Gasteiger partial charge in [0.1, 0.15) is 0 Å². The third-order valence-electron chi connectivity index (χ3n) is 5.22. The van der Waals surface area contributed by atoms with Crippen LogP contribution < -0.4 is 5.32 Å². The summed E-state index contributed by atoms with van der Waals surface area (Å²) < 4.78 is 27.3. The first kappa shape index (κ1) is 21.5. The minimum atomic E-state index is -3.50. The Labute approximate surface area is 173 Å². The maximum absolute atomic E-state index is 12.9. The van der Waals surface area contributed by atoms with Crippen molar-refractivity contribution in [2.24, 2.45) is 0 Å². The van der Waals surface area contributed by atoms with Gasteiger partial charge in [0.15, 0.2) is 0 Å². The zero-order valence-corrected chi connectivity index (χ0v) is 17.9. The Morgan fingerprint density at radius 2 is 1.59 bits per heavy atom. The maximum atomic E-state index is 12.9. The van der Waals surface area contributed by atoms with E-state index in [-0.39, 0.29) is 12.5 Å². The van der Waals surface area contributed by atoms with Gasteiger partial charge in [0.05, 0.1) is 11.4 Å². The van der Waals surface area contributed by atoms with Gasteiger partial charge in [-0.2, -0.15) is 4.31 Å². The largest absolute Gasteiger partial charge is 0.351 e. The van der Waals surface area contributed by atoms with Gasteiger partial charge >= 0.3 is 0 Å². The maximum Gasteiger partial charge on any atom is 0.243 e. The van der Waals surface area contributed by atoms with Crippen molar-refractivity contribution in [2.45, 2.75) is 31.2 Å². The monoisotopic (exact) mass is 415 g/mol. The van der Waals surface area contributed by atoms with Gasteiger partial charge < -0.3 is 5.32 Å². The molecule has 29 heavy (non-hydrogen) atoms. The highest BCUT2D eigenvalue weighted by Gasteiger charge is 2.29. The summed E-state index contributed by atoms with van der Waals surface area (Å²) in [7, 11) is -3.50. The highest BCUT2D eigenvalue weighted by molar-refractivity contribution is 7.89. The van der Waals surface area contributed by atoms with Crippen molar-refractivity contribution in [1.29, 1.82) is 0 Å². The fourth-order valence-corrected chi connectivity index (χ4v) is 4.78. The number of sulfonamides is 1. The number of benzene rings is 2. The number of nitrogens with zero attached hydrogens (tertiary/aromatic N) is 2. The third kappa shape index (κ3) is 5.65. The van der Waals surface area contributed by atoms with Crippen LogP contribution in [0.15, 0.2) is 59.5 Å². The fraction of sp³-hybridized carbons (Fsp3) is 0.409. The van der Waals surface area contributed by atoms with Crippen LogP contribution in [0.3, 0.4) is 0 Å². The smallest absolute Gasteiger partial charge is 0.243 e. The molecule has 2 aromatic carbocycles. The number of hydrogen-bond donors (Lipinski definition) is 1. The van der Waals surface area contributed by atoms with E-state index in [1.807, 2.05) is 47.4 Å². The van der Waals surface area contributed by atoms with Crippen LogP contribution >= 0.6 is 0 Å². The molecule has 6 nitrogen and oxygen atoms in total. The first-order valence-corrected chi connectivity index (χ1v) is 11.4. The van der Waals surface area contributed by atoms with Crippen molar-refractivity contribution < 1.29 is 13.2 Å². The molecule has 1 saturated heterocycles. The predicted molar refractivity (Wildman–Crippen MR) is 114 cm³/mol. The average Bonchev–Trinajstić information content (AvgIpc) is 2.73. The summed E-state index contributed by atoms with van der Waals surface area (Å²) in [6, 6.07) is 16.9. The summed E-state index contributed by atoms with van der Waals surface area (Å²) in [5, 5.41) is 2.92. The van der Waals surface area contributed by atoms with Crippen LogP contribution in [0.4, 0.5) is 0 Å². The molecule has 1 aliphatic rings. The first-order valence-electron chi connectivity index (χ1n) is 9.99. The van der Waals surface area contributed by atoms with Crippen molar-refractivity contribution in [3.63, 3.8) is 0 Å². The van der Waals surface area contributed by atoms with Crippen molar-refractivity contribution in [3.05, 3.63) is 65.7 Å². The molecule has 7 heteroatoms. The van der Waals surface area contributed by atoms with E-state index in [1.165, 1.54) is 4.31 Å². The van der Waals surface area contributed by atoms with Crippen molar-refractivity contribution in [3.8, 4) is 0 Å². The van der Waals surface area contributed by atoms with Crippen LogP contribution in [-0.4, -0.2) is 56.3 Å². The standard InChI is InChI=1S/C22H29N3O3S/c1-18(2)20-8-10-21(11-9-20)29(27,28)25-14-12-24(13-15-25)17-22(26)23-16-19-6-4-3-5-7-19/h3-11,18H,12-17H2,1-2H3,(H,23,26). The Balaban J connectivity index is 1.49. The molecular formula is C22H29N3O3S. The summed E-state index contributed by atoms with van der Waals surface area (Å²) in [5.74, 6) is 0.317. The SMILES string of the molecule is CC(C)c1ccc(S(=O)(=O)N2CCN(CC(=O)NCc3ccccc3)CC2)cc1. The molecule has 0 aliphatic carbocycles. The molecule has 156 valence electrons. The van der Waals surface area contributed by atoms with E-state index in [0.717, 1.165) is 11.1 Å². The van der Waals surface area contributed by atoms with Crippen molar-refractivity contribution in [2.75, 3.05) is 32.7 Å². The van der Waals surface area contributed by atoms with Crippen molar-refractivity contribution in [1.82, 2.24) is 14.5 Å². The highest BCUT2D eigenvalue weighted by atomic mass is 32.2. The molecule has 1 N–H and O–H groups in total. The van der Waals surface area contributed by atoms with E-state index in [1.54, 1.807) is 12.1 Å². The quantitative estimate of drug-likeness (QED) is 0.754. The van der Waals surface area contributed by atoms with Crippen molar-refractivity contribution >= 4 is 15.9 Å². The lowest BCUT2D eigenvalue weighted by atomic mass is 10.0. The van der Waals surface area contributed by atoms with Gasteiger partial charge in [-0.25, -0.2) is 8.42 Å². The molecular weight excluding hydrogens is 386 g/mol. The average molecular weight is 416 g/mol. The van der Waals surface area contributed by atoms with Gasteiger partial charge in [0, 0.05) is 32.7 Å². The van der Waals surface area contributed by atoms with Gasteiger partial charge in [-0.15, -0.1) is 0 Å². The van der Waals surface area contributed by atoms with Gasteiger partial charge in [-0.1, -0.05) is 56.3 Å². The second-order valence-corrected chi connectivity index (χ2v) is 9.60. The first-order chi connectivity index (χ1) is 13.9. The number of hydrogen-bond acceptors (Lipinski definition) is 4. The molecule has 0 atom stereocenters. The number of nitrogens with one attached hydrogen (secondary N) is 1. The Morgan fingerprint density at radius 1 is 0.966 bits per heavy atom. The van der Waals surface area contributed by atoms with Crippen LogP contribution in [0.2, 0.25) is 0 Å². The Morgan fingerprint density at radius 3 is 2.17 bits per heavy atom. The van der Waals surface area contributed by atoms with Crippen LogP contribution in [0.25, 0.3) is 0 Å². The normalized spacial score (nSPS) is 16.1. The van der Waals surface area contributed by atoms with E-state index >= 15 is 0 Å². The number of rotatable bonds is 7. The number of carbonyl (C=O) groups is 1. The highest BCUT2D eigenvalue weighted by Crippen LogP contribution is 2.21. The Kier molecular flexibility index (Phi) is 7.05. The molecule has 1 amide bonds. The zero-order valence-electron chi connectivity index (χ0n) is 17.0.